The van der Waals surface area contributed by atoms with E-state index in [4.69, 9.17) is 4.98 Å². The van der Waals surface area contributed by atoms with Crippen LogP contribution in [-0.2, 0) is 17.8 Å². The van der Waals surface area contributed by atoms with Gasteiger partial charge in [0.05, 0.1) is 17.8 Å². The van der Waals surface area contributed by atoms with Gasteiger partial charge in [-0.2, -0.15) is 0 Å². The van der Waals surface area contributed by atoms with Gasteiger partial charge >= 0.3 is 5.97 Å². The Morgan fingerprint density at radius 2 is 1.97 bits per heavy atom. The molecular weight excluding hydrogens is 397 g/mol. The third kappa shape index (κ3) is 3.04. The lowest BCUT2D eigenvalue weighted by molar-refractivity contribution is -0.154. The Bertz CT molecular complexity index is 1170. The van der Waals surface area contributed by atoms with Crippen molar-refractivity contribution in [3.8, 4) is 11.4 Å². The lowest BCUT2D eigenvalue weighted by Crippen LogP contribution is -2.57. The molecule has 7 rings (SSSR count). The highest BCUT2D eigenvalue weighted by Crippen LogP contribution is 2.48. The number of hydrogen-bond donors (Lipinski definition) is 2. The van der Waals surface area contributed by atoms with E-state index in [-0.39, 0.29) is 12.0 Å². The minimum Gasteiger partial charge on any atom is -0.481 e. The van der Waals surface area contributed by atoms with Crippen LogP contribution >= 0.6 is 0 Å². The van der Waals surface area contributed by atoms with Crippen LogP contribution in [-0.4, -0.2) is 48.5 Å². The van der Waals surface area contributed by atoms with E-state index in [9.17, 15) is 14.3 Å². The van der Waals surface area contributed by atoms with E-state index in [1.807, 2.05) is 6.20 Å². The molecule has 0 amide bonds. The number of aliphatic carboxylic acids is 1. The van der Waals surface area contributed by atoms with Crippen molar-refractivity contribution in [2.75, 3.05) is 6.54 Å². The highest BCUT2D eigenvalue weighted by atomic mass is 19.1. The van der Waals surface area contributed by atoms with Crippen LogP contribution in [0.3, 0.4) is 0 Å². The molecule has 3 fully saturated rings. The number of carboxylic acid groups (broad SMARTS) is 1. The van der Waals surface area contributed by atoms with Crippen LogP contribution in [0.2, 0.25) is 0 Å². The van der Waals surface area contributed by atoms with Crippen molar-refractivity contribution in [2.45, 2.75) is 44.7 Å². The molecule has 3 saturated carbocycles. The normalized spacial score (nSPS) is 28.0. The van der Waals surface area contributed by atoms with Crippen LogP contribution in [0.1, 0.15) is 36.9 Å². The first kappa shape index (κ1) is 18.9. The van der Waals surface area contributed by atoms with Crippen molar-refractivity contribution in [2.24, 2.45) is 17.8 Å². The summed E-state index contributed by atoms with van der Waals surface area (Å²) in [7, 11) is 0. The van der Waals surface area contributed by atoms with E-state index < -0.39 is 11.8 Å². The lowest BCUT2D eigenvalue weighted by atomic mass is 9.61. The van der Waals surface area contributed by atoms with Gasteiger partial charge in [-0.15, -0.1) is 0 Å². The summed E-state index contributed by atoms with van der Waals surface area (Å²) in [5, 5.41) is 10.6. The summed E-state index contributed by atoms with van der Waals surface area (Å²) in [5.74, 6) is -0.0382. The van der Waals surface area contributed by atoms with Gasteiger partial charge in [-0.3, -0.25) is 9.69 Å². The molecule has 4 heterocycles. The van der Waals surface area contributed by atoms with Crippen LogP contribution in [0, 0.1) is 23.6 Å². The number of aromatic amines is 1. The summed E-state index contributed by atoms with van der Waals surface area (Å²) < 4.78 is 13.7. The van der Waals surface area contributed by atoms with Gasteiger partial charge < -0.3 is 10.1 Å². The molecule has 1 aliphatic heterocycles. The molecule has 3 aromatic heterocycles. The molecule has 0 radical (unpaired) electrons. The summed E-state index contributed by atoms with van der Waals surface area (Å²) in [6, 6.07) is 1.53. The Morgan fingerprint density at radius 3 is 2.77 bits per heavy atom. The second kappa shape index (κ2) is 7.09. The number of nitrogens with one attached hydrogen (secondary N) is 1. The van der Waals surface area contributed by atoms with E-state index in [0.29, 0.717) is 35.2 Å². The number of nitrogens with zero attached hydrogens (tertiary/aromatic N) is 4. The van der Waals surface area contributed by atoms with Crippen molar-refractivity contribution in [3.63, 3.8) is 0 Å². The number of halogens is 1. The second-order valence-corrected chi connectivity index (χ2v) is 9.17. The fourth-order valence-electron chi connectivity index (χ4n) is 6.16. The van der Waals surface area contributed by atoms with E-state index in [0.717, 1.165) is 55.5 Å². The van der Waals surface area contributed by atoms with E-state index in [1.165, 1.54) is 12.3 Å². The van der Waals surface area contributed by atoms with Gasteiger partial charge in [0, 0.05) is 42.5 Å². The zero-order valence-electron chi connectivity index (χ0n) is 17.1. The van der Waals surface area contributed by atoms with E-state index in [2.05, 4.69) is 19.9 Å². The minimum absolute atomic E-state index is 0.0861. The third-order valence-electron chi connectivity index (χ3n) is 7.60. The van der Waals surface area contributed by atoms with E-state index in [1.54, 1.807) is 6.20 Å². The third-order valence-corrected chi connectivity index (χ3v) is 7.60. The Balaban J connectivity index is 1.34. The molecule has 0 aromatic carbocycles. The molecule has 31 heavy (non-hydrogen) atoms. The van der Waals surface area contributed by atoms with Crippen LogP contribution in [0.5, 0.6) is 0 Å². The summed E-state index contributed by atoms with van der Waals surface area (Å²) in [6.45, 7) is 1.48. The topological polar surface area (TPSA) is 95.0 Å². The summed E-state index contributed by atoms with van der Waals surface area (Å²) in [4.78, 5) is 31.0. The number of hydrogen-bond acceptors (Lipinski definition) is 5. The zero-order valence-corrected chi connectivity index (χ0v) is 17.1. The number of fused-ring (bicyclic) bond motifs is 5. The van der Waals surface area contributed by atoms with Crippen molar-refractivity contribution in [1.82, 2.24) is 24.8 Å². The Hall–Kier alpha value is -2.87. The Labute approximate surface area is 178 Å². The molecule has 8 heteroatoms. The van der Waals surface area contributed by atoms with Gasteiger partial charge in [0.1, 0.15) is 11.5 Å². The van der Waals surface area contributed by atoms with Crippen molar-refractivity contribution >= 4 is 17.0 Å². The molecular formula is C23H24FN5O2. The summed E-state index contributed by atoms with van der Waals surface area (Å²) in [6.07, 6.45) is 9.98. The molecule has 0 saturated heterocycles. The fourth-order valence-corrected chi connectivity index (χ4v) is 6.16. The predicted octanol–water partition coefficient (Wildman–Crippen LogP) is 3.41. The van der Waals surface area contributed by atoms with Crippen molar-refractivity contribution < 1.29 is 14.3 Å². The zero-order chi connectivity index (χ0) is 21.1. The highest BCUT2D eigenvalue weighted by molar-refractivity contribution is 5.91. The average Bonchev–Trinajstić information content (AvgIpc) is 3.21. The average molecular weight is 421 g/mol. The Kier molecular flexibility index (Phi) is 4.31. The number of H-pyrrole nitrogens is 1. The van der Waals surface area contributed by atoms with Crippen LogP contribution < -0.4 is 0 Å². The number of aromatic nitrogens is 4. The van der Waals surface area contributed by atoms with Crippen LogP contribution in [0.4, 0.5) is 4.39 Å². The maximum atomic E-state index is 13.7. The van der Waals surface area contributed by atoms with Gasteiger partial charge in [-0.05, 0) is 55.6 Å². The molecule has 3 aromatic rings. The van der Waals surface area contributed by atoms with Gasteiger partial charge in [-0.1, -0.05) is 0 Å². The maximum Gasteiger partial charge on any atom is 0.308 e. The quantitative estimate of drug-likeness (QED) is 0.673. The van der Waals surface area contributed by atoms with Crippen molar-refractivity contribution in [1.29, 1.82) is 0 Å². The van der Waals surface area contributed by atoms with Gasteiger partial charge in [0.15, 0.2) is 5.82 Å². The number of carbonyl (C=O) groups is 1. The monoisotopic (exact) mass is 421 g/mol. The highest BCUT2D eigenvalue weighted by Gasteiger charge is 2.49. The van der Waals surface area contributed by atoms with Crippen molar-refractivity contribution in [3.05, 3.63) is 41.7 Å². The predicted molar refractivity (Wildman–Crippen MR) is 112 cm³/mol. The first-order chi connectivity index (χ1) is 15.1. The van der Waals surface area contributed by atoms with Crippen LogP contribution in [0.25, 0.3) is 22.4 Å². The van der Waals surface area contributed by atoms with E-state index >= 15 is 0 Å². The molecule has 2 atom stereocenters. The molecule has 2 bridgehead atoms. The molecule has 7 nitrogen and oxygen atoms in total. The van der Waals surface area contributed by atoms with Gasteiger partial charge in [0.25, 0.3) is 0 Å². The second-order valence-electron chi connectivity index (χ2n) is 9.17. The largest absolute Gasteiger partial charge is 0.481 e. The fraction of sp³-hybridized carbons (Fsp3) is 0.478. The number of pyridine rings is 1. The molecule has 1 unspecified atom stereocenters. The van der Waals surface area contributed by atoms with Crippen LogP contribution in [0.15, 0.2) is 24.7 Å². The first-order valence-corrected chi connectivity index (χ1v) is 11.0. The summed E-state index contributed by atoms with van der Waals surface area (Å²) >= 11 is 0. The Morgan fingerprint density at radius 1 is 1.16 bits per heavy atom. The maximum absolute atomic E-state index is 13.7. The molecule has 4 aliphatic rings. The molecule has 2 N–H and O–H groups in total. The van der Waals surface area contributed by atoms with Gasteiger partial charge in [0.2, 0.25) is 0 Å². The molecule has 0 spiro atoms. The smallest absolute Gasteiger partial charge is 0.308 e. The molecule has 160 valence electrons. The standard InChI is InChI=1S/C23H24FN5O2/c24-15-7-16-17(10-27-21(16)26-9-15)22-25-8-14-5-6-29(11-18(14)28-22)20-13-3-1-12(2-4-13)19(20)23(30)31/h7-10,12-13,19-20H,1-6,11H2,(H,26,27)(H,30,31)/t12?,13?,19-,20?/m0/s1. The number of carboxylic acids is 1. The summed E-state index contributed by atoms with van der Waals surface area (Å²) in [5.41, 5.74) is 3.38. The van der Waals surface area contributed by atoms with Gasteiger partial charge in [-0.25, -0.2) is 19.3 Å². The minimum atomic E-state index is -0.651. The lowest BCUT2D eigenvalue weighted by Gasteiger charge is -2.51. The molecule has 3 aliphatic carbocycles. The number of rotatable bonds is 3. The first-order valence-electron chi connectivity index (χ1n) is 11.0. The SMILES string of the molecule is O=C(O)[C@H]1C2CCC(CC2)C1N1CCc2cnc(-c3c[nH]c4ncc(F)cc34)nc2C1.